The molecule has 0 bridgehead atoms. The van der Waals surface area contributed by atoms with Crippen LogP contribution in [0.15, 0.2) is 85.1 Å². The van der Waals surface area contributed by atoms with Crippen molar-refractivity contribution in [3.8, 4) is 22.3 Å². The molecule has 1 nitrogen and oxygen atoms in total. The van der Waals surface area contributed by atoms with Crippen LogP contribution in [0.5, 0.6) is 0 Å². The summed E-state index contributed by atoms with van der Waals surface area (Å²) in [4.78, 5) is 4.63. The number of halogens is 1. The molecule has 0 aliphatic rings. The third kappa shape index (κ3) is 2.60. The first-order chi connectivity index (χ1) is 11.3. The lowest BCUT2D eigenvalue weighted by molar-refractivity contribution is 1.40. The van der Waals surface area contributed by atoms with E-state index >= 15 is 0 Å². The number of hydrogen-bond donors (Lipinski definition) is 0. The highest BCUT2D eigenvalue weighted by Gasteiger charge is 2.12. The summed E-state index contributed by atoms with van der Waals surface area (Å²) in [6, 6.07) is 26.6. The van der Waals surface area contributed by atoms with Crippen molar-refractivity contribution in [2.24, 2.45) is 0 Å². The van der Waals surface area contributed by atoms with Crippen molar-refractivity contribution in [3.05, 3.63) is 90.1 Å². The van der Waals surface area contributed by atoms with Crippen LogP contribution in [0.1, 0.15) is 0 Å². The van der Waals surface area contributed by atoms with Crippen molar-refractivity contribution >= 4 is 22.5 Å². The van der Waals surface area contributed by atoms with Crippen LogP contribution in [0.4, 0.5) is 0 Å². The normalized spacial score (nSPS) is 10.8. The molecule has 0 aliphatic heterocycles. The average molecular weight is 316 g/mol. The Hall–Kier alpha value is -2.64. The molecule has 1 heterocycles. The Balaban J connectivity index is 2.09. The van der Waals surface area contributed by atoms with E-state index in [0.29, 0.717) is 0 Å². The number of hydrogen-bond acceptors (Lipinski definition) is 1. The maximum absolute atomic E-state index is 6.19. The third-order valence-electron chi connectivity index (χ3n) is 3.97. The van der Waals surface area contributed by atoms with E-state index in [1.165, 1.54) is 11.1 Å². The van der Waals surface area contributed by atoms with Crippen molar-refractivity contribution in [2.45, 2.75) is 0 Å². The fourth-order valence-electron chi connectivity index (χ4n) is 2.93. The first-order valence-corrected chi connectivity index (χ1v) is 7.90. The summed E-state index contributed by atoms with van der Waals surface area (Å²) < 4.78 is 0. The number of nitrogens with zero attached hydrogens (tertiary/aromatic N) is 1. The first-order valence-electron chi connectivity index (χ1n) is 7.52. The van der Waals surface area contributed by atoms with Gasteiger partial charge >= 0.3 is 0 Å². The van der Waals surface area contributed by atoms with Crippen LogP contribution < -0.4 is 0 Å². The van der Waals surface area contributed by atoms with E-state index in [2.05, 4.69) is 47.4 Å². The van der Waals surface area contributed by atoms with Crippen molar-refractivity contribution in [3.63, 3.8) is 0 Å². The molecule has 4 rings (SSSR count). The van der Waals surface area contributed by atoms with Gasteiger partial charge in [-0.3, -0.25) is 4.98 Å². The molecule has 0 N–H and O–H groups in total. The van der Waals surface area contributed by atoms with Crippen LogP contribution in [0.25, 0.3) is 33.2 Å². The molecule has 0 unspecified atom stereocenters. The standard InChI is InChI=1S/C21H14ClN/c22-17-10-6-9-16(13-17)19-14-23-20-12-5-4-11-18(20)21(19)15-7-2-1-3-8-15/h1-14H. The SMILES string of the molecule is Clc1cccc(-c2cnc3ccccc3c2-c2ccccc2)c1. The fourth-order valence-corrected chi connectivity index (χ4v) is 3.12. The van der Waals surface area contributed by atoms with Crippen LogP contribution in [0.2, 0.25) is 5.02 Å². The second kappa shape index (κ2) is 5.86. The van der Waals surface area contributed by atoms with Gasteiger partial charge in [-0.05, 0) is 29.3 Å². The van der Waals surface area contributed by atoms with Gasteiger partial charge in [0.15, 0.2) is 0 Å². The van der Waals surface area contributed by atoms with E-state index in [1.807, 2.05) is 42.6 Å². The quantitative estimate of drug-likeness (QED) is 0.428. The number of para-hydroxylation sites is 1. The molecule has 1 aromatic heterocycles. The number of benzene rings is 3. The second-order valence-electron chi connectivity index (χ2n) is 5.44. The molecule has 3 aromatic carbocycles. The lowest BCUT2D eigenvalue weighted by atomic mass is 9.93. The molecule has 0 radical (unpaired) electrons. The van der Waals surface area contributed by atoms with Gasteiger partial charge in [-0.15, -0.1) is 0 Å². The van der Waals surface area contributed by atoms with Crippen LogP contribution in [-0.4, -0.2) is 4.98 Å². The van der Waals surface area contributed by atoms with Crippen LogP contribution >= 0.6 is 11.6 Å². The maximum atomic E-state index is 6.19. The zero-order chi connectivity index (χ0) is 15.6. The zero-order valence-corrected chi connectivity index (χ0v) is 13.2. The first kappa shape index (κ1) is 14.0. The van der Waals surface area contributed by atoms with E-state index in [0.717, 1.165) is 27.1 Å². The lowest BCUT2D eigenvalue weighted by Gasteiger charge is -2.13. The Kier molecular flexibility index (Phi) is 3.57. The Morgan fingerprint density at radius 3 is 2.26 bits per heavy atom. The van der Waals surface area contributed by atoms with Gasteiger partial charge in [-0.1, -0.05) is 72.3 Å². The molecule has 0 atom stereocenters. The van der Waals surface area contributed by atoms with Crippen molar-refractivity contribution in [2.75, 3.05) is 0 Å². The average Bonchev–Trinajstić information content (AvgIpc) is 2.61. The monoisotopic (exact) mass is 315 g/mol. The van der Waals surface area contributed by atoms with Gasteiger partial charge in [-0.25, -0.2) is 0 Å². The van der Waals surface area contributed by atoms with Gasteiger partial charge in [-0.2, -0.15) is 0 Å². The predicted molar refractivity (Wildman–Crippen MR) is 97.6 cm³/mol. The van der Waals surface area contributed by atoms with Gasteiger partial charge in [0.25, 0.3) is 0 Å². The molecule has 0 saturated carbocycles. The van der Waals surface area contributed by atoms with Crippen LogP contribution in [0, 0.1) is 0 Å². The summed E-state index contributed by atoms with van der Waals surface area (Å²) in [7, 11) is 0. The minimum atomic E-state index is 0.731. The Morgan fingerprint density at radius 1 is 0.696 bits per heavy atom. The molecule has 23 heavy (non-hydrogen) atoms. The van der Waals surface area contributed by atoms with Crippen LogP contribution in [-0.2, 0) is 0 Å². The molecule has 0 saturated heterocycles. The smallest absolute Gasteiger partial charge is 0.0708 e. The van der Waals surface area contributed by atoms with E-state index in [1.54, 1.807) is 0 Å². The van der Waals surface area contributed by atoms with Crippen molar-refractivity contribution in [1.82, 2.24) is 4.98 Å². The zero-order valence-electron chi connectivity index (χ0n) is 12.4. The number of fused-ring (bicyclic) bond motifs is 1. The van der Waals surface area contributed by atoms with Crippen molar-refractivity contribution in [1.29, 1.82) is 0 Å². The summed E-state index contributed by atoms with van der Waals surface area (Å²) in [5.41, 5.74) is 5.55. The number of rotatable bonds is 2. The minimum Gasteiger partial charge on any atom is -0.256 e. The molecular weight excluding hydrogens is 302 g/mol. The number of aromatic nitrogens is 1. The maximum Gasteiger partial charge on any atom is 0.0708 e. The Labute approximate surface area is 140 Å². The summed E-state index contributed by atoms with van der Waals surface area (Å²) in [6.45, 7) is 0. The summed E-state index contributed by atoms with van der Waals surface area (Å²) in [5, 5.41) is 1.88. The minimum absolute atomic E-state index is 0.731. The van der Waals surface area contributed by atoms with Crippen molar-refractivity contribution < 1.29 is 0 Å². The molecule has 2 heteroatoms. The highest BCUT2D eigenvalue weighted by atomic mass is 35.5. The van der Waals surface area contributed by atoms with Gasteiger partial charge in [0.2, 0.25) is 0 Å². The summed E-state index contributed by atoms with van der Waals surface area (Å²) >= 11 is 6.19. The Morgan fingerprint density at radius 2 is 1.43 bits per heavy atom. The van der Waals surface area contributed by atoms with Gasteiger partial charge < -0.3 is 0 Å². The largest absolute Gasteiger partial charge is 0.256 e. The highest BCUT2D eigenvalue weighted by molar-refractivity contribution is 6.30. The number of pyridine rings is 1. The third-order valence-corrected chi connectivity index (χ3v) is 4.21. The molecule has 0 spiro atoms. The van der Waals surface area contributed by atoms with Gasteiger partial charge in [0, 0.05) is 27.7 Å². The van der Waals surface area contributed by atoms with E-state index in [9.17, 15) is 0 Å². The molecule has 4 aromatic rings. The van der Waals surface area contributed by atoms with E-state index in [-0.39, 0.29) is 0 Å². The van der Waals surface area contributed by atoms with E-state index in [4.69, 9.17) is 11.6 Å². The topological polar surface area (TPSA) is 12.9 Å². The lowest BCUT2D eigenvalue weighted by Crippen LogP contribution is -1.90. The van der Waals surface area contributed by atoms with E-state index < -0.39 is 0 Å². The predicted octanol–water partition coefficient (Wildman–Crippen LogP) is 6.22. The summed E-state index contributed by atoms with van der Waals surface area (Å²) in [5.74, 6) is 0. The Bertz CT molecular complexity index is 977. The second-order valence-corrected chi connectivity index (χ2v) is 5.88. The van der Waals surface area contributed by atoms with Gasteiger partial charge in [0.05, 0.1) is 5.52 Å². The fraction of sp³-hybridized carbons (Fsp3) is 0. The molecule has 0 aliphatic carbocycles. The molecule has 0 amide bonds. The highest BCUT2D eigenvalue weighted by Crippen LogP contribution is 2.37. The molecular formula is C21H14ClN. The molecule has 0 fully saturated rings. The summed E-state index contributed by atoms with van der Waals surface area (Å²) in [6.07, 6.45) is 1.94. The molecule has 110 valence electrons. The van der Waals surface area contributed by atoms with Gasteiger partial charge in [0.1, 0.15) is 0 Å². The van der Waals surface area contributed by atoms with Crippen LogP contribution in [0.3, 0.4) is 0 Å².